The number of carbonyl (C=O) groups excluding carboxylic acids is 2. The molecule has 1 aliphatic heterocycles. The van der Waals surface area contributed by atoms with Crippen molar-refractivity contribution in [1.29, 1.82) is 0 Å². The van der Waals surface area contributed by atoms with Crippen molar-refractivity contribution in [3.63, 3.8) is 0 Å². The molecular weight excluding hydrogens is 385 g/mol. The second kappa shape index (κ2) is 11.4. The SMILES string of the molecule is CN(C)CC(=O)N1CC(Cc2ccccc2F)(C(=O)NC[C@@H](O)CO)C1.O=CO. The summed E-state index contributed by atoms with van der Waals surface area (Å²) in [4.78, 5) is 36.6. The van der Waals surface area contributed by atoms with Gasteiger partial charge in [0.15, 0.2) is 0 Å². The predicted molar refractivity (Wildman–Crippen MR) is 102 cm³/mol. The average Bonchev–Trinajstić information content (AvgIpc) is 2.63. The molecule has 0 saturated carbocycles. The van der Waals surface area contributed by atoms with Gasteiger partial charge in [0.2, 0.25) is 11.8 Å². The van der Waals surface area contributed by atoms with Gasteiger partial charge < -0.3 is 30.4 Å². The van der Waals surface area contributed by atoms with E-state index in [-0.39, 0.29) is 50.9 Å². The van der Waals surface area contributed by atoms with Gasteiger partial charge in [0, 0.05) is 19.6 Å². The summed E-state index contributed by atoms with van der Waals surface area (Å²) in [6.45, 7) is -0.196. The molecule has 0 spiro atoms. The third-order valence-corrected chi connectivity index (χ3v) is 4.47. The van der Waals surface area contributed by atoms with E-state index in [2.05, 4.69) is 5.32 Å². The highest BCUT2D eigenvalue weighted by atomic mass is 19.1. The van der Waals surface area contributed by atoms with Crippen LogP contribution in [0.25, 0.3) is 0 Å². The molecule has 0 unspecified atom stereocenters. The van der Waals surface area contributed by atoms with Crippen LogP contribution >= 0.6 is 0 Å². The summed E-state index contributed by atoms with van der Waals surface area (Å²) >= 11 is 0. The van der Waals surface area contributed by atoms with E-state index in [4.69, 9.17) is 15.0 Å². The van der Waals surface area contributed by atoms with Gasteiger partial charge in [-0.05, 0) is 32.1 Å². The summed E-state index contributed by atoms with van der Waals surface area (Å²) in [7, 11) is 3.57. The Bertz CT molecular complexity index is 694. The molecule has 0 radical (unpaired) electrons. The highest BCUT2D eigenvalue weighted by molar-refractivity contribution is 5.88. The van der Waals surface area contributed by atoms with Gasteiger partial charge in [-0.25, -0.2) is 4.39 Å². The van der Waals surface area contributed by atoms with E-state index in [1.54, 1.807) is 42.1 Å². The van der Waals surface area contributed by atoms with Gasteiger partial charge in [-0.1, -0.05) is 18.2 Å². The number of aliphatic hydroxyl groups excluding tert-OH is 2. The standard InChI is InChI=1S/C18H26FN3O4.CH2O2/c1-21(2)9-16(25)22-11-18(12-22,17(26)20-8-14(24)10-23)7-13-5-3-4-6-15(13)19;2-1-3/h3-6,14,23-24H,7-12H2,1-2H3,(H,20,26);1H,(H,2,3)/t14-;/m1./s1. The molecule has 1 fully saturated rings. The topological polar surface area (TPSA) is 130 Å². The second-order valence-electron chi connectivity index (χ2n) is 7.19. The molecule has 4 N–H and O–H groups in total. The number of likely N-dealkylation sites (N-methyl/N-ethyl adjacent to an activating group) is 1. The Morgan fingerprint density at radius 1 is 1.34 bits per heavy atom. The Labute approximate surface area is 168 Å². The molecule has 10 heteroatoms. The maximum Gasteiger partial charge on any atom is 0.290 e. The van der Waals surface area contributed by atoms with E-state index < -0.39 is 23.9 Å². The summed E-state index contributed by atoms with van der Waals surface area (Å²) in [6.07, 6.45) is -0.900. The van der Waals surface area contributed by atoms with Crippen LogP contribution in [0, 0.1) is 11.2 Å². The number of amides is 2. The van der Waals surface area contributed by atoms with Crippen LogP contribution in [-0.2, 0) is 20.8 Å². The van der Waals surface area contributed by atoms with Crippen molar-refractivity contribution in [1.82, 2.24) is 15.1 Å². The van der Waals surface area contributed by atoms with Crippen LogP contribution < -0.4 is 5.32 Å². The lowest BCUT2D eigenvalue weighted by Crippen LogP contribution is -2.66. The molecule has 9 nitrogen and oxygen atoms in total. The van der Waals surface area contributed by atoms with Crippen molar-refractivity contribution in [2.45, 2.75) is 12.5 Å². The van der Waals surface area contributed by atoms with Gasteiger partial charge in [-0.15, -0.1) is 0 Å². The molecule has 1 saturated heterocycles. The fourth-order valence-corrected chi connectivity index (χ4v) is 3.04. The van der Waals surface area contributed by atoms with E-state index in [1.807, 2.05) is 0 Å². The Balaban J connectivity index is 0.00000132. The summed E-state index contributed by atoms with van der Waals surface area (Å²) in [5.41, 5.74) is -0.538. The van der Waals surface area contributed by atoms with Crippen molar-refractivity contribution in [3.05, 3.63) is 35.6 Å². The smallest absolute Gasteiger partial charge is 0.290 e. The van der Waals surface area contributed by atoms with Crippen LogP contribution in [0.2, 0.25) is 0 Å². The van der Waals surface area contributed by atoms with E-state index in [0.29, 0.717) is 5.56 Å². The normalized spacial score (nSPS) is 15.6. The van der Waals surface area contributed by atoms with Gasteiger partial charge in [0.25, 0.3) is 6.47 Å². The van der Waals surface area contributed by atoms with Crippen LogP contribution in [0.5, 0.6) is 0 Å². The number of likely N-dealkylation sites (tertiary alicyclic amines) is 1. The maximum atomic E-state index is 14.0. The van der Waals surface area contributed by atoms with E-state index >= 15 is 0 Å². The van der Waals surface area contributed by atoms with E-state index in [0.717, 1.165) is 0 Å². The summed E-state index contributed by atoms with van der Waals surface area (Å²) in [5, 5.41) is 27.8. The molecule has 2 rings (SSSR count). The number of aliphatic hydroxyl groups is 2. The van der Waals surface area contributed by atoms with E-state index in [1.165, 1.54) is 6.07 Å². The molecule has 1 aliphatic rings. The van der Waals surface area contributed by atoms with Gasteiger partial charge in [-0.2, -0.15) is 0 Å². The first-order valence-corrected chi connectivity index (χ1v) is 9.00. The Kier molecular flexibility index (Phi) is 9.66. The van der Waals surface area contributed by atoms with Crippen molar-refractivity contribution in [3.8, 4) is 0 Å². The van der Waals surface area contributed by atoms with Crippen LogP contribution in [0.15, 0.2) is 24.3 Å². The number of carboxylic acid groups (broad SMARTS) is 1. The number of carbonyl (C=O) groups is 3. The predicted octanol–water partition coefficient (Wildman–Crippen LogP) is -1.07. The lowest BCUT2D eigenvalue weighted by molar-refractivity contribution is -0.154. The first-order chi connectivity index (χ1) is 13.7. The fraction of sp³-hybridized carbons (Fsp3) is 0.526. The van der Waals surface area contributed by atoms with Gasteiger partial charge in [0.1, 0.15) is 5.82 Å². The molecule has 0 bridgehead atoms. The zero-order valence-electron chi connectivity index (χ0n) is 16.5. The molecule has 2 amide bonds. The van der Waals surface area contributed by atoms with Gasteiger partial charge in [-0.3, -0.25) is 14.4 Å². The zero-order chi connectivity index (χ0) is 22.0. The molecule has 1 aromatic rings. The second-order valence-corrected chi connectivity index (χ2v) is 7.19. The van der Waals surface area contributed by atoms with E-state index in [9.17, 15) is 19.1 Å². The van der Waals surface area contributed by atoms with Crippen molar-refractivity contribution in [2.75, 3.05) is 46.9 Å². The molecule has 162 valence electrons. The summed E-state index contributed by atoms with van der Waals surface area (Å²) in [5.74, 6) is -0.849. The highest BCUT2D eigenvalue weighted by Crippen LogP contribution is 2.35. The minimum absolute atomic E-state index is 0.0950. The van der Waals surface area contributed by atoms with Crippen LogP contribution in [0.3, 0.4) is 0 Å². The number of nitrogens with one attached hydrogen (secondary N) is 1. The largest absolute Gasteiger partial charge is 0.483 e. The highest BCUT2D eigenvalue weighted by Gasteiger charge is 2.51. The zero-order valence-corrected chi connectivity index (χ0v) is 16.5. The molecule has 29 heavy (non-hydrogen) atoms. The average molecular weight is 413 g/mol. The molecule has 0 aromatic heterocycles. The first kappa shape index (κ1) is 24.5. The van der Waals surface area contributed by atoms with Gasteiger partial charge in [0.05, 0.1) is 24.7 Å². The quantitative estimate of drug-likeness (QED) is 0.399. The number of hydrogen-bond acceptors (Lipinski definition) is 6. The van der Waals surface area contributed by atoms with Crippen LogP contribution in [0.1, 0.15) is 5.56 Å². The molecule has 0 aliphatic carbocycles. The van der Waals surface area contributed by atoms with Gasteiger partial charge >= 0.3 is 0 Å². The lowest BCUT2D eigenvalue weighted by Gasteiger charge is -2.49. The third-order valence-electron chi connectivity index (χ3n) is 4.47. The number of benzene rings is 1. The minimum Gasteiger partial charge on any atom is -0.483 e. The summed E-state index contributed by atoms with van der Waals surface area (Å²) < 4.78 is 14.0. The minimum atomic E-state index is -1.06. The van der Waals surface area contributed by atoms with Crippen molar-refractivity contribution in [2.24, 2.45) is 5.41 Å². The Hall–Kier alpha value is -2.56. The number of rotatable bonds is 8. The number of hydrogen-bond donors (Lipinski definition) is 4. The monoisotopic (exact) mass is 413 g/mol. The van der Waals surface area contributed by atoms with Crippen molar-refractivity contribution < 1.29 is 34.1 Å². The fourth-order valence-electron chi connectivity index (χ4n) is 3.04. The molecule has 1 aromatic carbocycles. The Morgan fingerprint density at radius 3 is 2.45 bits per heavy atom. The molecule has 1 atom stereocenters. The number of nitrogens with zero attached hydrogens (tertiary/aromatic N) is 2. The maximum absolute atomic E-state index is 14.0. The molecule has 1 heterocycles. The first-order valence-electron chi connectivity index (χ1n) is 9.00. The van der Waals surface area contributed by atoms with Crippen LogP contribution in [0.4, 0.5) is 4.39 Å². The third kappa shape index (κ3) is 7.08. The number of halogens is 1. The molecular formula is C19H28FN3O6. The van der Waals surface area contributed by atoms with Crippen LogP contribution in [-0.4, -0.2) is 96.4 Å². The lowest BCUT2D eigenvalue weighted by atomic mass is 9.73. The summed E-state index contributed by atoms with van der Waals surface area (Å²) in [6, 6.07) is 6.24. The Morgan fingerprint density at radius 2 is 1.93 bits per heavy atom. The van der Waals surface area contributed by atoms with Crippen molar-refractivity contribution >= 4 is 18.3 Å².